The zero-order chi connectivity index (χ0) is 14.1. The Labute approximate surface area is 115 Å². The topological polar surface area (TPSA) is 57.6 Å². The lowest BCUT2D eigenvalue weighted by Gasteiger charge is -2.38. The number of phenols is 1. The molecule has 19 heavy (non-hydrogen) atoms. The molecule has 1 aliphatic rings. The van der Waals surface area contributed by atoms with Gasteiger partial charge in [-0.05, 0) is 30.4 Å². The zero-order valence-electron chi connectivity index (χ0n) is 11.5. The fraction of sp³-hybridized carbons (Fsp3) is 0.571. The van der Waals surface area contributed by atoms with Crippen molar-refractivity contribution in [2.24, 2.45) is 5.41 Å². The van der Waals surface area contributed by atoms with Gasteiger partial charge in [0.2, 0.25) is 10.0 Å². The average molecular weight is 283 g/mol. The molecule has 0 bridgehead atoms. The van der Waals surface area contributed by atoms with E-state index in [1.807, 2.05) is 0 Å². The van der Waals surface area contributed by atoms with Crippen LogP contribution in [0.15, 0.2) is 29.2 Å². The third-order valence-corrected chi connectivity index (χ3v) is 6.21. The summed E-state index contributed by atoms with van der Waals surface area (Å²) in [7, 11) is -3.57. The Bertz CT molecular complexity index is 546. The van der Waals surface area contributed by atoms with Crippen LogP contribution in [0.4, 0.5) is 0 Å². The summed E-state index contributed by atoms with van der Waals surface area (Å²) < 4.78 is 26.4. The number of phenolic OH excluding ortho intramolecular Hbond substituents is 1. The van der Waals surface area contributed by atoms with Gasteiger partial charge in [-0.25, -0.2) is 8.42 Å². The minimum atomic E-state index is -3.57. The van der Waals surface area contributed by atoms with Gasteiger partial charge >= 0.3 is 0 Å². The number of hydrogen-bond acceptors (Lipinski definition) is 3. The van der Waals surface area contributed by atoms with Crippen LogP contribution >= 0.6 is 0 Å². The lowest BCUT2D eigenvalue weighted by molar-refractivity contribution is 0.169. The molecule has 106 valence electrons. The fourth-order valence-corrected chi connectivity index (χ4v) is 3.96. The van der Waals surface area contributed by atoms with Crippen LogP contribution in [-0.2, 0) is 10.0 Å². The van der Waals surface area contributed by atoms with E-state index in [9.17, 15) is 13.5 Å². The predicted octanol–water partition coefficient (Wildman–Crippen LogP) is 2.59. The van der Waals surface area contributed by atoms with Crippen molar-refractivity contribution in [1.29, 1.82) is 0 Å². The lowest BCUT2D eigenvalue weighted by atomic mass is 9.79. The number of rotatable bonds is 3. The molecule has 1 fully saturated rings. The van der Waals surface area contributed by atoms with Crippen molar-refractivity contribution in [1.82, 2.24) is 4.31 Å². The van der Waals surface area contributed by atoms with Gasteiger partial charge in [-0.2, -0.15) is 4.31 Å². The number of sulfonamides is 1. The second-order valence-corrected chi connectivity index (χ2v) is 7.44. The van der Waals surface area contributed by atoms with E-state index >= 15 is 0 Å². The first-order valence-electron chi connectivity index (χ1n) is 6.67. The number of para-hydroxylation sites is 1. The second-order valence-electron chi connectivity index (χ2n) is 5.54. The van der Waals surface area contributed by atoms with Gasteiger partial charge < -0.3 is 5.11 Å². The third-order valence-electron chi connectivity index (χ3n) is 4.27. The van der Waals surface area contributed by atoms with E-state index in [-0.39, 0.29) is 16.1 Å². The molecular weight excluding hydrogens is 262 g/mol. The van der Waals surface area contributed by atoms with E-state index < -0.39 is 10.0 Å². The first kappa shape index (κ1) is 14.3. The molecule has 4 nitrogen and oxygen atoms in total. The summed E-state index contributed by atoms with van der Waals surface area (Å²) in [4.78, 5) is 0.00935. The Morgan fingerprint density at radius 2 is 1.84 bits per heavy atom. The van der Waals surface area contributed by atoms with Crippen LogP contribution in [0.5, 0.6) is 5.75 Å². The molecule has 1 N–H and O–H groups in total. The number of benzene rings is 1. The molecule has 0 radical (unpaired) electrons. The normalized spacial score (nSPS) is 20.3. The molecule has 0 atom stereocenters. The number of hydrogen-bond donors (Lipinski definition) is 1. The van der Waals surface area contributed by atoms with Crippen molar-refractivity contribution in [2.75, 3.05) is 13.1 Å². The monoisotopic (exact) mass is 283 g/mol. The molecule has 0 spiro atoms. The van der Waals surface area contributed by atoms with E-state index in [0.29, 0.717) is 13.1 Å². The Kier molecular flexibility index (Phi) is 3.87. The first-order chi connectivity index (χ1) is 8.89. The summed E-state index contributed by atoms with van der Waals surface area (Å²) in [5.41, 5.74) is 0.241. The van der Waals surface area contributed by atoms with E-state index in [1.165, 1.54) is 16.4 Å². The predicted molar refractivity (Wildman–Crippen MR) is 74.5 cm³/mol. The van der Waals surface area contributed by atoms with E-state index in [1.54, 1.807) is 12.1 Å². The standard InChI is InChI=1S/C14H21NO3S/c1-3-14(2)8-10-15(11-9-14)19(17,18)13-7-5-4-6-12(13)16/h4-7,16H,3,8-11H2,1-2H3. The van der Waals surface area contributed by atoms with Gasteiger partial charge in [-0.15, -0.1) is 0 Å². The van der Waals surface area contributed by atoms with Crippen LogP contribution in [0.2, 0.25) is 0 Å². The van der Waals surface area contributed by atoms with Gasteiger partial charge in [0.05, 0.1) is 0 Å². The molecule has 1 aliphatic heterocycles. The number of nitrogens with zero attached hydrogens (tertiary/aromatic N) is 1. The Morgan fingerprint density at radius 1 is 1.26 bits per heavy atom. The van der Waals surface area contributed by atoms with Crippen LogP contribution in [0.3, 0.4) is 0 Å². The van der Waals surface area contributed by atoms with Crippen molar-refractivity contribution < 1.29 is 13.5 Å². The first-order valence-corrected chi connectivity index (χ1v) is 8.11. The average Bonchev–Trinajstić information content (AvgIpc) is 2.39. The molecule has 1 aromatic carbocycles. The molecule has 5 heteroatoms. The highest BCUT2D eigenvalue weighted by atomic mass is 32.2. The largest absolute Gasteiger partial charge is 0.507 e. The van der Waals surface area contributed by atoms with Gasteiger partial charge in [0.15, 0.2) is 0 Å². The van der Waals surface area contributed by atoms with Crippen LogP contribution in [0.1, 0.15) is 33.1 Å². The zero-order valence-corrected chi connectivity index (χ0v) is 12.3. The third kappa shape index (κ3) is 2.77. The molecule has 1 aromatic rings. The maximum Gasteiger partial charge on any atom is 0.246 e. The van der Waals surface area contributed by atoms with Crippen LogP contribution in [0.25, 0.3) is 0 Å². The molecule has 2 rings (SSSR count). The van der Waals surface area contributed by atoms with Gasteiger partial charge in [0.25, 0.3) is 0 Å². The van der Waals surface area contributed by atoms with Crippen molar-refractivity contribution in [2.45, 2.75) is 38.0 Å². The van der Waals surface area contributed by atoms with Crippen LogP contribution in [-0.4, -0.2) is 30.9 Å². The lowest BCUT2D eigenvalue weighted by Crippen LogP contribution is -2.41. The summed E-state index contributed by atoms with van der Waals surface area (Å²) in [6, 6.07) is 6.12. The maximum absolute atomic E-state index is 12.5. The quantitative estimate of drug-likeness (QED) is 0.927. The van der Waals surface area contributed by atoms with Gasteiger partial charge in [0, 0.05) is 13.1 Å². The Hall–Kier alpha value is -1.07. The van der Waals surface area contributed by atoms with Gasteiger partial charge in [-0.1, -0.05) is 32.4 Å². The highest BCUT2D eigenvalue weighted by Gasteiger charge is 2.35. The Morgan fingerprint density at radius 3 is 2.37 bits per heavy atom. The summed E-state index contributed by atoms with van der Waals surface area (Å²) in [5, 5.41) is 9.72. The molecule has 1 heterocycles. The van der Waals surface area contributed by atoms with E-state index in [4.69, 9.17) is 0 Å². The molecule has 0 amide bonds. The summed E-state index contributed by atoms with van der Waals surface area (Å²) in [6.07, 6.45) is 2.81. The minimum absolute atomic E-state index is 0.00935. The summed E-state index contributed by atoms with van der Waals surface area (Å²) in [5.74, 6) is -0.175. The van der Waals surface area contributed by atoms with Crippen molar-refractivity contribution in [3.63, 3.8) is 0 Å². The minimum Gasteiger partial charge on any atom is -0.507 e. The van der Waals surface area contributed by atoms with Gasteiger partial charge in [-0.3, -0.25) is 0 Å². The number of aromatic hydroxyl groups is 1. The van der Waals surface area contributed by atoms with Crippen LogP contribution in [0, 0.1) is 5.41 Å². The highest BCUT2D eigenvalue weighted by Crippen LogP contribution is 2.36. The molecule has 1 saturated heterocycles. The highest BCUT2D eigenvalue weighted by molar-refractivity contribution is 7.89. The fourth-order valence-electron chi connectivity index (χ4n) is 2.43. The maximum atomic E-state index is 12.5. The van der Waals surface area contributed by atoms with Gasteiger partial charge in [0.1, 0.15) is 10.6 Å². The van der Waals surface area contributed by atoms with Crippen LogP contribution < -0.4 is 0 Å². The molecule has 0 saturated carbocycles. The van der Waals surface area contributed by atoms with Crippen molar-refractivity contribution in [3.8, 4) is 5.75 Å². The SMILES string of the molecule is CCC1(C)CCN(S(=O)(=O)c2ccccc2O)CC1. The molecule has 0 aromatic heterocycles. The smallest absolute Gasteiger partial charge is 0.246 e. The number of piperidine rings is 1. The molecular formula is C14H21NO3S. The Balaban J connectivity index is 2.22. The van der Waals surface area contributed by atoms with E-state index in [2.05, 4.69) is 13.8 Å². The molecule has 0 unspecified atom stereocenters. The van der Waals surface area contributed by atoms with Crippen molar-refractivity contribution in [3.05, 3.63) is 24.3 Å². The molecule has 0 aliphatic carbocycles. The summed E-state index contributed by atoms with van der Waals surface area (Å²) >= 11 is 0. The van der Waals surface area contributed by atoms with Crippen molar-refractivity contribution >= 4 is 10.0 Å². The summed E-state index contributed by atoms with van der Waals surface area (Å²) in [6.45, 7) is 5.41. The second kappa shape index (κ2) is 5.13. The van der Waals surface area contributed by atoms with E-state index in [0.717, 1.165) is 19.3 Å².